The van der Waals surface area contributed by atoms with Crippen molar-refractivity contribution in [2.24, 2.45) is 0 Å². The molecule has 1 aliphatic heterocycles. The molecule has 1 amide bonds. The standard InChI is InChI=1S/C12H21NO6S/c1-9(20(2,17)18)12(16)13-6-3-10(4-7-13)19-8-5-11(14)15/h9-10H,3-8H2,1-2H3,(H,14,15). The van der Waals surface area contributed by atoms with Crippen LogP contribution in [0.3, 0.4) is 0 Å². The molecule has 0 aromatic rings. The number of carbonyl (C=O) groups excluding carboxylic acids is 1. The van der Waals surface area contributed by atoms with E-state index in [-0.39, 0.29) is 25.0 Å². The van der Waals surface area contributed by atoms with Gasteiger partial charge in [0.15, 0.2) is 9.84 Å². The van der Waals surface area contributed by atoms with Gasteiger partial charge in [-0.05, 0) is 19.8 Å². The number of rotatable bonds is 6. The van der Waals surface area contributed by atoms with Gasteiger partial charge >= 0.3 is 5.97 Å². The molecule has 0 aromatic carbocycles. The summed E-state index contributed by atoms with van der Waals surface area (Å²) < 4.78 is 28.1. The minimum Gasteiger partial charge on any atom is -0.481 e. The third kappa shape index (κ3) is 5.09. The van der Waals surface area contributed by atoms with Crippen LogP contribution in [0.5, 0.6) is 0 Å². The van der Waals surface area contributed by atoms with E-state index in [4.69, 9.17) is 9.84 Å². The van der Waals surface area contributed by atoms with Crippen LogP contribution < -0.4 is 0 Å². The molecule has 1 fully saturated rings. The third-order valence-corrected chi connectivity index (χ3v) is 4.90. The van der Waals surface area contributed by atoms with Gasteiger partial charge in [0.2, 0.25) is 5.91 Å². The zero-order chi connectivity index (χ0) is 15.3. The van der Waals surface area contributed by atoms with E-state index in [0.717, 1.165) is 6.26 Å². The van der Waals surface area contributed by atoms with Crippen molar-refractivity contribution < 1.29 is 27.9 Å². The van der Waals surface area contributed by atoms with Crippen LogP contribution in [0.1, 0.15) is 26.2 Å². The van der Waals surface area contributed by atoms with Crippen molar-refractivity contribution in [2.45, 2.75) is 37.5 Å². The summed E-state index contributed by atoms with van der Waals surface area (Å²) in [6.07, 6.45) is 2.15. The number of piperidine rings is 1. The normalized spacial score (nSPS) is 18.8. The van der Waals surface area contributed by atoms with Crippen LogP contribution in [0.4, 0.5) is 0 Å². The van der Waals surface area contributed by atoms with Crippen molar-refractivity contribution >= 4 is 21.7 Å². The number of amides is 1. The molecule has 116 valence electrons. The second-order valence-corrected chi connectivity index (χ2v) is 7.38. The summed E-state index contributed by atoms with van der Waals surface area (Å²) >= 11 is 0. The van der Waals surface area contributed by atoms with Crippen molar-refractivity contribution in [3.63, 3.8) is 0 Å². The second kappa shape index (κ2) is 7.03. The van der Waals surface area contributed by atoms with Crippen LogP contribution in [-0.2, 0) is 24.2 Å². The molecular weight excluding hydrogens is 286 g/mol. The van der Waals surface area contributed by atoms with Crippen molar-refractivity contribution in [3.8, 4) is 0 Å². The molecule has 1 heterocycles. The Morgan fingerprint density at radius 2 is 1.90 bits per heavy atom. The van der Waals surface area contributed by atoms with Gasteiger partial charge in [0.1, 0.15) is 5.25 Å². The monoisotopic (exact) mass is 307 g/mol. The van der Waals surface area contributed by atoms with Gasteiger partial charge in [-0.15, -0.1) is 0 Å². The summed E-state index contributed by atoms with van der Waals surface area (Å²) in [4.78, 5) is 23.9. The predicted molar refractivity (Wildman–Crippen MR) is 72.1 cm³/mol. The van der Waals surface area contributed by atoms with E-state index in [1.54, 1.807) is 0 Å². The zero-order valence-corrected chi connectivity index (χ0v) is 12.6. The minimum absolute atomic E-state index is 0.0374. The minimum atomic E-state index is -3.38. The molecule has 0 aliphatic carbocycles. The third-order valence-electron chi connectivity index (χ3n) is 3.41. The summed E-state index contributed by atoms with van der Waals surface area (Å²) in [6.45, 7) is 2.44. The molecule has 20 heavy (non-hydrogen) atoms. The summed E-state index contributed by atoms with van der Waals surface area (Å²) in [5.74, 6) is -1.28. The second-order valence-electron chi connectivity index (χ2n) is 5.01. The van der Waals surface area contributed by atoms with Crippen LogP contribution in [-0.4, -0.2) is 67.6 Å². The Kier molecular flexibility index (Phi) is 5.94. The lowest BCUT2D eigenvalue weighted by molar-refractivity contribution is -0.139. The van der Waals surface area contributed by atoms with Crippen LogP contribution in [0, 0.1) is 0 Å². The van der Waals surface area contributed by atoms with Gasteiger partial charge < -0.3 is 14.7 Å². The van der Waals surface area contributed by atoms with E-state index in [1.807, 2.05) is 0 Å². The lowest BCUT2D eigenvalue weighted by atomic mass is 10.1. The van der Waals surface area contributed by atoms with Gasteiger partial charge in [0.05, 0.1) is 19.1 Å². The Morgan fingerprint density at radius 3 is 2.35 bits per heavy atom. The Hall–Kier alpha value is -1.15. The number of hydrogen-bond donors (Lipinski definition) is 1. The predicted octanol–water partition coefficient (Wildman–Crippen LogP) is -0.0982. The molecule has 0 saturated carbocycles. The van der Waals surface area contributed by atoms with E-state index >= 15 is 0 Å². The first-order chi connectivity index (χ1) is 9.21. The highest BCUT2D eigenvalue weighted by Crippen LogP contribution is 2.16. The number of sulfone groups is 1. The fraction of sp³-hybridized carbons (Fsp3) is 0.833. The maximum Gasteiger partial charge on any atom is 0.305 e. The van der Waals surface area contributed by atoms with Gasteiger partial charge in [-0.25, -0.2) is 8.42 Å². The molecular formula is C12H21NO6S. The average Bonchev–Trinajstić information content (AvgIpc) is 2.36. The number of carbonyl (C=O) groups is 2. The molecule has 0 spiro atoms. The first-order valence-electron chi connectivity index (χ1n) is 6.53. The smallest absolute Gasteiger partial charge is 0.305 e. The number of aliphatic carboxylic acids is 1. The Balaban J connectivity index is 2.38. The van der Waals surface area contributed by atoms with E-state index < -0.39 is 21.1 Å². The molecule has 7 nitrogen and oxygen atoms in total. The van der Waals surface area contributed by atoms with Gasteiger partial charge in [0.25, 0.3) is 0 Å². The highest BCUT2D eigenvalue weighted by Gasteiger charge is 2.31. The number of nitrogens with zero attached hydrogens (tertiary/aromatic N) is 1. The van der Waals surface area contributed by atoms with E-state index in [9.17, 15) is 18.0 Å². The molecule has 0 bridgehead atoms. The quantitative estimate of drug-likeness (QED) is 0.735. The molecule has 8 heteroatoms. The van der Waals surface area contributed by atoms with Crippen LogP contribution >= 0.6 is 0 Å². The molecule has 1 saturated heterocycles. The van der Waals surface area contributed by atoms with Crippen molar-refractivity contribution in [2.75, 3.05) is 26.0 Å². The molecule has 0 aromatic heterocycles. The Labute approximate surface area is 118 Å². The summed E-state index contributed by atoms with van der Waals surface area (Å²) in [6, 6.07) is 0. The zero-order valence-electron chi connectivity index (χ0n) is 11.7. The molecule has 1 rings (SSSR count). The summed E-state index contributed by atoms with van der Waals surface area (Å²) in [7, 11) is -3.38. The first-order valence-corrected chi connectivity index (χ1v) is 8.48. The first kappa shape index (κ1) is 16.9. The molecule has 1 aliphatic rings. The van der Waals surface area contributed by atoms with Crippen LogP contribution in [0.2, 0.25) is 0 Å². The number of likely N-dealkylation sites (tertiary alicyclic amines) is 1. The molecule has 1 N–H and O–H groups in total. The van der Waals surface area contributed by atoms with Gasteiger partial charge in [-0.1, -0.05) is 0 Å². The Bertz CT molecular complexity index is 453. The van der Waals surface area contributed by atoms with Crippen molar-refractivity contribution in [3.05, 3.63) is 0 Å². The molecule has 1 unspecified atom stereocenters. The molecule has 0 radical (unpaired) electrons. The number of hydrogen-bond acceptors (Lipinski definition) is 5. The van der Waals surface area contributed by atoms with Crippen molar-refractivity contribution in [1.82, 2.24) is 4.90 Å². The summed E-state index contributed by atoms with van der Waals surface area (Å²) in [5.41, 5.74) is 0. The lowest BCUT2D eigenvalue weighted by Gasteiger charge is -2.33. The van der Waals surface area contributed by atoms with Crippen LogP contribution in [0.15, 0.2) is 0 Å². The van der Waals surface area contributed by atoms with E-state index in [0.29, 0.717) is 25.9 Å². The molecule has 1 atom stereocenters. The fourth-order valence-corrected chi connectivity index (χ4v) is 2.51. The van der Waals surface area contributed by atoms with Crippen molar-refractivity contribution in [1.29, 1.82) is 0 Å². The lowest BCUT2D eigenvalue weighted by Crippen LogP contribution is -2.46. The largest absolute Gasteiger partial charge is 0.481 e. The SMILES string of the molecule is CC(C(=O)N1CCC(OCCC(=O)O)CC1)S(C)(=O)=O. The van der Waals surface area contributed by atoms with Gasteiger partial charge in [-0.2, -0.15) is 0 Å². The van der Waals surface area contributed by atoms with Gasteiger partial charge in [-0.3, -0.25) is 9.59 Å². The van der Waals surface area contributed by atoms with E-state index in [1.165, 1.54) is 11.8 Å². The highest BCUT2D eigenvalue weighted by molar-refractivity contribution is 7.92. The fourth-order valence-electron chi connectivity index (χ4n) is 2.00. The van der Waals surface area contributed by atoms with Gasteiger partial charge in [0, 0.05) is 19.3 Å². The maximum atomic E-state index is 12.0. The number of carboxylic acids is 1. The van der Waals surface area contributed by atoms with Crippen LogP contribution in [0.25, 0.3) is 0 Å². The number of carboxylic acid groups (broad SMARTS) is 1. The summed E-state index contributed by atoms with van der Waals surface area (Å²) in [5, 5.41) is 7.48. The number of ether oxygens (including phenoxy) is 1. The average molecular weight is 307 g/mol. The topological polar surface area (TPSA) is 101 Å². The highest BCUT2D eigenvalue weighted by atomic mass is 32.2. The maximum absolute atomic E-state index is 12.0. The Morgan fingerprint density at radius 1 is 1.35 bits per heavy atom. The van der Waals surface area contributed by atoms with E-state index in [2.05, 4.69) is 0 Å².